The number of para-hydroxylation sites is 1. The van der Waals surface area contributed by atoms with E-state index in [-0.39, 0.29) is 11.8 Å². The molecule has 0 saturated heterocycles. The molecule has 114 valence electrons. The maximum atomic E-state index is 12.9. The Morgan fingerprint density at radius 2 is 2.05 bits per heavy atom. The third kappa shape index (κ3) is 3.25. The summed E-state index contributed by atoms with van der Waals surface area (Å²) in [4.78, 5) is 15.0. The number of benzene rings is 1. The van der Waals surface area contributed by atoms with Crippen LogP contribution in [-0.4, -0.2) is 35.3 Å². The number of hydrogen-bond donors (Lipinski definition) is 0. The molecular weight excluding hydrogens is 330 g/mol. The van der Waals surface area contributed by atoms with Gasteiger partial charge in [0, 0.05) is 17.9 Å². The zero-order valence-corrected chi connectivity index (χ0v) is 13.8. The Balaban J connectivity index is 1.71. The second kappa shape index (κ2) is 6.82. The summed E-state index contributed by atoms with van der Waals surface area (Å²) in [6, 6.07) is 8.49. The molecular formula is C17H22BrNO2. The summed E-state index contributed by atoms with van der Waals surface area (Å²) in [5.41, 5.74) is 1.16. The normalized spacial score (nSPS) is 21.7. The summed E-state index contributed by atoms with van der Waals surface area (Å²) in [6.07, 6.45) is 5.62. The predicted molar refractivity (Wildman–Crippen MR) is 86.9 cm³/mol. The van der Waals surface area contributed by atoms with E-state index < -0.39 is 0 Å². The van der Waals surface area contributed by atoms with Crippen molar-refractivity contribution in [1.82, 2.24) is 4.90 Å². The molecule has 0 radical (unpaired) electrons. The molecule has 4 heteroatoms. The zero-order valence-electron chi connectivity index (χ0n) is 12.3. The summed E-state index contributed by atoms with van der Waals surface area (Å²) in [7, 11) is 0. The molecule has 1 aromatic carbocycles. The number of amides is 1. The van der Waals surface area contributed by atoms with Crippen LogP contribution in [0.1, 0.15) is 31.2 Å². The van der Waals surface area contributed by atoms with E-state index in [2.05, 4.69) is 26.9 Å². The van der Waals surface area contributed by atoms with Crippen LogP contribution in [0.2, 0.25) is 0 Å². The van der Waals surface area contributed by atoms with Gasteiger partial charge in [0.05, 0.1) is 5.92 Å². The summed E-state index contributed by atoms with van der Waals surface area (Å²) in [6.45, 7) is 1.32. The molecule has 0 aromatic heterocycles. The van der Waals surface area contributed by atoms with Gasteiger partial charge in [-0.3, -0.25) is 4.79 Å². The first-order valence-electron chi connectivity index (χ1n) is 7.86. The van der Waals surface area contributed by atoms with Gasteiger partial charge in [0.2, 0.25) is 5.91 Å². The second-order valence-electron chi connectivity index (χ2n) is 5.98. The van der Waals surface area contributed by atoms with Gasteiger partial charge in [-0.2, -0.15) is 0 Å². The van der Waals surface area contributed by atoms with Crippen LogP contribution in [0.4, 0.5) is 0 Å². The van der Waals surface area contributed by atoms with Crippen LogP contribution in [-0.2, 0) is 11.2 Å². The Morgan fingerprint density at radius 3 is 2.81 bits per heavy atom. The van der Waals surface area contributed by atoms with Gasteiger partial charge in [-0.1, -0.05) is 47.0 Å². The van der Waals surface area contributed by atoms with Crippen LogP contribution >= 0.6 is 15.9 Å². The maximum Gasteiger partial charge on any atom is 0.229 e. The van der Waals surface area contributed by atoms with Gasteiger partial charge in [0.15, 0.2) is 0 Å². The molecule has 1 atom stereocenters. The van der Waals surface area contributed by atoms with Gasteiger partial charge in [-0.05, 0) is 30.9 Å². The minimum Gasteiger partial charge on any atom is -0.492 e. The average Bonchev–Trinajstić information content (AvgIpc) is 3.05. The SMILES string of the molecule is O=C(C1COc2ccccc2C1)N(CCBr)C1CCCC1. The molecule has 3 nitrogen and oxygen atoms in total. The largest absolute Gasteiger partial charge is 0.492 e. The van der Waals surface area contributed by atoms with E-state index in [1.165, 1.54) is 12.8 Å². The third-order valence-corrected chi connectivity index (χ3v) is 4.96. The van der Waals surface area contributed by atoms with Crippen LogP contribution in [0.3, 0.4) is 0 Å². The molecule has 0 N–H and O–H groups in total. The Morgan fingerprint density at radius 1 is 1.29 bits per heavy atom. The Bertz CT molecular complexity index is 499. The standard InChI is InChI=1S/C17H22BrNO2/c18-9-10-19(15-6-2-3-7-15)17(20)14-11-13-5-1-4-8-16(13)21-12-14/h1,4-5,8,14-15H,2-3,6-7,9-12H2. The van der Waals surface area contributed by atoms with Gasteiger partial charge in [-0.15, -0.1) is 0 Å². The first-order chi connectivity index (χ1) is 10.3. The quantitative estimate of drug-likeness (QED) is 0.778. The minimum atomic E-state index is -0.0282. The molecule has 1 amide bonds. The fourth-order valence-electron chi connectivity index (χ4n) is 3.50. The van der Waals surface area contributed by atoms with E-state index in [0.29, 0.717) is 12.6 Å². The van der Waals surface area contributed by atoms with Crippen molar-refractivity contribution in [2.24, 2.45) is 5.92 Å². The van der Waals surface area contributed by atoms with E-state index in [0.717, 1.165) is 42.5 Å². The average molecular weight is 352 g/mol. The molecule has 1 heterocycles. The number of halogens is 1. The molecule has 2 aliphatic rings. The van der Waals surface area contributed by atoms with Gasteiger partial charge in [-0.25, -0.2) is 0 Å². The summed E-state index contributed by atoms with van der Waals surface area (Å²) in [5, 5.41) is 0.847. The van der Waals surface area contributed by atoms with E-state index in [9.17, 15) is 4.79 Å². The number of ether oxygens (including phenoxy) is 1. The monoisotopic (exact) mass is 351 g/mol. The zero-order chi connectivity index (χ0) is 14.7. The Kier molecular flexibility index (Phi) is 4.84. The smallest absolute Gasteiger partial charge is 0.229 e. The van der Waals surface area contributed by atoms with Crippen molar-refractivity contribution in [3.05, 3.63) is 29.8 Å². The number of nitrogens with zero attached hydrogens (tertiary/aromatic N) is 1. The van der Waals surface area contributed by atoms with Crippen molar-refractivity contribution in [3.63, 3.8) is 0 Å². The summed E-state index contributed by atoms with van der Waals surface area (Å²) in [5.74, 6) is 1.19. The highest BCUT2D eigenvalue weighted by Crippen LogP contribution is 2.30. The van der Waals surface area contributed by atoms with Crippen molar-refractivity contribution >= 4 is 21.8 Å². The highest BCUT2D eigenvalue weighted by molar-refractivity contribution is 9.09. The number of hydrogen-bond acceptors (Lipinski definition) is 2. The number of carbonyl (C=O) groups excluding carboxylic acids is 1. The lowest BCUT2D eigenvalue weighted by atomic mass is 9.95. The fraction of sp³-hybridized carbons (Fsp3) is 0.588. The Hall–Kier alpha value is -1.03. The highest BCUT2D eigenvalue weighted by Gasteiger charge is 2.33. The third-order valence-electron chi connectivity index (χ3n) is 4.60. The first-order valence-corrected chi connectivity index (χ1v) is 8.99. The number of fused-ring (bicyclic) bond motifs is 1. The summed E-state index contributed by atoms with van der Waals surface area (Å²) >= 11 is 3.49. The lowest BCUT2D eigenvalue weighted by Gasteiger charge is -2.33. The van der Waals surface area contributed by atoms with E-state index in [1.54, 1.807) is 0 Å². The van der Waals surface area contributed by atoms with Crippen molar-refractivity contribution < 1.29 is 9.53 Å². The van der Waals surface area contributed by atoms with E-state index in [1.807, 2.05) is 18.2 Å². The van der Waals surface area contributed by atoms with Crippen molar-refractivity contribution in [3.8, 4) is 5.75 Å². The Labute approximate surface area is 134 Å². The van der Waals surface area contributed by atoms with Crippen molar-refractivity contribution in [2.75, 3.05) is 18.5 Å². The minimum absolute atomic E-state index is 0.0282. The van der Waals surface area contributed by atoms with Gasteiger partial charge in [0.25, 0.3) is 0 Å². The van der Waals surface area contributed by atoms with Crippen LogP contribution in [0.5, 0.6) is 5.75 Å². The first kappa shape index (κ1) is 14.9. The molecule has 1 fully saturated rings. The van der Waals surface area contributed by atoms with Gasteiger partial charge >= 0.3 is 0 Å². The van der Waals surface area contributed by atoms with Gasteiger partial charge in [0.1, 0.15) is 12.4 Å². The molecule has 3 rings (SSSR count). The van der Waals surface area contributed by atoms with Crippen molar-refractivity contribution in [1.29, 1.82) is 0 Å². The molecule has 1 aromatic rings. The molecule has 1 aliphatic carbocycles. The van der Waals surface area contributed by atoms with Crippen LogP contribution in [0.25, 0.3) is 0 Å². The molecule has 0 bridgehead atoms. The molecule has 1 aliphatic heterocycles. The van der Waals surface area contributed by atoms with Gasteiger partial charge < -0.3 is 9.64 Å². The summed E-state index contributed by atoms with van der Waals surface area (Å²) < 4.78 is 5.79. The lowest BCUT2D eigenvalue weighted by Crippen LogP contribution is -2.46. The molecule has 21 heavy (non-hydrogen) atoms. The predicted octanol–water partition coefficient (Wildman–Crippen LogP) is 3.40. The second-order valence-corrected chi connectivity index (χ2v) is 6.77. The lowest BCUT2D eigenvalue weighted by molar-refractivity contribution is -0.138. The number of alkyl halides is 1. The van der Waals surface area contributed by atoms with E-state index in [4.69, 9.17) is 4.74 Å². The van der Waals surface area contributed by atoms with Crippen LogP contribution < -0.4 is 4.74 Å². The molecule has 0 spiro atoms. The fourth-order valence-corrected chi connectivity index (χ4v) is 3.88. The molecule has 1 saturated carbocycles. The topological polar surface area (TPSA) is 29.5 Å². The van der Waals surface area contributed by atoms with E-state index >= 15 is 0 Å². The number of carbonyl (C=O) groups is 1. The highest BCUT2D eigenvalue weighted by atomic mass is 79.9. The maximum absolute atomic E-state index is 12.9. The molecule has 1 unspecified atom stereocenters. The number of rotatable bonds is 4. The van der Waals surface area contributed by atoms with Crippen molar-refractivity contribution in [2.45, 2.75) is 38.1 Å². The van der Waals surface area contributed by atoms with Crippen LogP contribution in [0.15, 0.2) is 24.3 Å². The van der Waals surface area contributed by atoms with Crippen LogP contribution in [0, 0.1) is 5.92 Å².